The van der Waals surface area contributed by atoms with Crippen molar-refractivity contribution in [2.75, 3.05) is 18.5 Å². The van der Waals surface area contributed by atoms with Gasteiger partial charge < -0.3 is 11.1 Å². The predicted octanol–water partition coefficient (Wildman–Crippen LogP) is 2.01. The smallest absolute Gasteiger partial charge is 0.272 e. The summed E-state index contributed by atoms with van der Waals surface area (Å²) in [5.41, 5.74) is 8.19. The van der Waals surface area contributed by atoms with E-state index in [2.05, 4.69) is 27.0 Å². The molecule has 0 aliphatic rings. The Kier molecular flexibility index (Phi) is 7.08. The van der Waals surface area contributed by atoms with E-state index in [-0.39, 0.29) is 28.9 Å². The molecule has 0 unspecified atom stereocenters. The van der Waals surface area contributed by atoms with Crippen LogP contribution in [0.15, 0.2) is 77.7 Å². The van der Waals surface area contributed by atoms with Crippen LogP contribution < -0.4 is 21.3 Å². The van der Waals surface area contributed by atoms with Gasteiger partial charge in [-0.25, -0.2) is 22.6 Å². The molecule has 5 aromatic rings. The van der Waals surface area contributed by atoms with Crippen LogP contribution in [0.3, 0.4) is 0 Å². The lowest BCUT2D eigenvalue weighted by atomic mass is 10.1. The molecule has 4 N–H and O–H groups in total. The lowest BCUT2D eigenvalue weighted by Gasteiger charge is -2.20. The third-order valence-corrected chi connectivity index (χ3v) is 6.77. The van der Waals surface area contributed by atoms with Crippen LogP contribution in [-0.4, -0.2) is 46.3 Å². The minimum Gasteiger partial charge on any atom is -0.397 e. The van der Waals surface area contributed by atoms with Crippen molar-refractivity contribution >= 4 is 38.0 Å². The molecule has 5 rings (SSSR count). The highest BCUT2D eigenvalue weighted by atomic mass is 32.2. The highest BCUT2D eigenvalue weighted by molar-refractivity contribution is 7.88. The molecule has 12 heteroatoms. The quantitative estimate of drug-likeness (QED) is 0.271. The molecule has 1 atom stereocenters. The average Bonchev–Trinajstić information content (AvgIpc) is 3.26. The number of nitrogens with one attached hydrogen (secondary N) is 2. The molecule has 0 fully saturated rings. The third kappa shape index (κ3) is 5.28. The minimum absolute atomic E-state index is 0.108. The van der Waals surface area contributed by atoms with Gasteiger partial charge in [0.05, 0.1) is 46.6 Å². The number of fused-ring (bicyclic) bond motifs is 2. The van der Waals surface area contributed by atoms with Crippen molar-refractivity contribution in [2.24, 2.45) is 0 Å². The zero-order valence-corrected chi connectivity index (χ0v) is 22.4. The molecule has 11 nitrogen and oxygen atoms in total. The van der Waals surface area contributed by atoms with Crippen molar-refractivity contribution in [3.05, 3.63) is 100 Å². The Morgan fingerprint density at radius 3 is 2.62 bits per heavy atom. The van der Waals surface area contributed by atoms with E-state index >= 15 is 0 Å². The molecule has 3 aromatic heterocycles. The number of hydrogen-bond acceptors (Lipinski definition) is 7. The molecule has 0 bridgehead atoms. The zero-order chi connectivity index (χ0) is 28.4. The minimum atomic E-state index is -3.41. The molecule has 0 aliphatic carbocycles. The molecular weight excluding hydrogens is 530 g/mol. The van der Waals surface area contributed by atoms with Crippen molar-refractivity contribution < 1.29 is 13.2 Å². The van der Waals surface area contributed by atoms with Crippen LogP contribution in [0.25, 0.3) is 22.1 Å². The van der Waals surface area contributed by atoms with Crippen LogP contribution >= 0.6 is 0 Å². The van der Waals surface area contributed by atoms with Crippen molar-refractivity contribution in [3.63, 3.8) is 0 Å². The maximum atomic E-state index is 14.0. The van der Waals surface area contributed by atoms with Crippen molar-refractivity contribution in [3.8, 4) is 17.5 Å². The summed E-state index contributed by atoms with van der Waals surface area (Å²) in [6.45, 7) is 1.62. The summed E-state index contributed by atoms with van der Waals surface area (Å²) in [7, 11) is -3.41. The molecule has 0 aliphatic heterocycles. The van der Waals surface area contributed by atoms with Gasteiger partial charge in [0.1, 0.15) is 5.82 Å². The van der Waals surface area contributed by atoms with Crippen LogP contribution in [0.5, 0.6) is 0 Å². The number of para-hydroxylation sites is 1. The fourth-order valence-electron chi connectivity index (χ4n) is 4.36. The van der Waals surface area contributed by atoms with E-state index < -0.39 is 22.0 Å². The van der Waals surface area contributed by atoms with Crippen LogP contribution in [0.1, 0.15) is 34.8 Å². The summed E-state index contributed by atoms with van der Waals surface area (Å²) in [4.78, 5) is 32.1. The number of benzene rings is 2. The molecule has 0 spiro atoms. The second-order valence-electron chi connectivity index (χ2n) is 9.04. The van der Waals surface area contributed by atoms with E-state index in [1.165, 1.54) is 9.08 Å². The Morgan fingerprint density at radius 1 is 1.10 bits per heavy atom. The number of sulfonamides is 1. The van der Waals surface area contributed by atoms with Crippen molar-refractivity contribution in [2.45, 2.75) is 13.0 Å². The zero-order valence-electron chi connectivity index (χ0n) is 21.6. The lowest BCUT2D eigenvalue weighted by molar-refractivity contribution is 0.0931. The maximum Gasteiger partial charge on any atom is 0.272 e. The number of hydrogen-bond donors (Lipinski definition) is 3. The number of carbonyl (C=O) groups is 1. The molecule has 1 amide bonds. The summed E-state index contributed by atoms with van der Waals surface area (Å²) in [5, 5.41) is 7.41. The third-order valence-electron chi connectivity index (χ3n) is 6.10. The van der Waals surface area contributed by atoms with Gasteiger partial charge >= 0.3 is 0 Å². The number of amides is 1. The van der Waals surface area contributed by atoms with Gasteiger partial charge in [-0.05, 0) is 49.4 Å². The average molecular weight is 556 g/mol. The van der Waals surface area contributed by atoms with Crippen LogP contribution in [0.2, 0.25) is 0 Å². The van der Waals surface area contributed by atoms with E-state index in [1.807, 2.05) is 6.07 Å². The monoisotopic (exact) mass is 555 g/mol. The second kappa shape index (κ2) is 10.6. The first kappa shape index (κ1) is 26.6. The Balaban J connectivity index is 1.60. The molecule has 0 radical (unpaired) electrons. The number of rotatable bonds is 6. The van der Waals surface area contributed by atoms with Crippen molar-refractivity contribution in [1.29, 1.82) is 0 Å². The number of nitrogen functional groups attached to an aromatic ring is 1. The van der Waals surface area contributed by atoms with Gasteiger partial charge in [-0.3, -0.25) is 14.2 Å². The van der Waals surface area contributed by atoms with E-state index in [0.29, 0.717) is 28.1 Å². The second-order valence-corrected chi connectivity index (χ2v) is 10.9. The molecule has 0 saturated carbocycles. The van der Waals surface area contributed by atoms with Crippen molar-refractivity contribution in [1.82, 2.24) is 29.2 Å². The van der Waals surface area contributed by atoms with E-state index in [0.717, 1.165) is 6.26 Å². The van der Waals surface area contributed by atoms with Gasteiger partial charge in [0.15, 0.2) is 5.69 Å². The van der Waals surface area contributed by atoms with Gasteiger partial charge in [-0.15, -0.1) is 0 Å². The Hall–Kier alpha value is -4.99. The molecule has 40 heavy (non-hydrogen) atoms. The molecule has 3 heterocycles. The van der Waals surface area contributed by atoms with Gasteiger partial charge in [-0.2, -0.15) is 5.10 Å². The van der Waals surface area contributed by atoms with Gasteiger partial charge in [0.2, 0.25) is 10.0 Å². The number of anilines is 1. The number of nitrogens with two attached hydrogens (primary N) is 1. The SMILES string of the molecule is C[C@H](NC(=O)c1c(N)cc2cccnn12)c1nc2cccc(C#CCNS(C)(=O)=O)c2c(=O)n1-c1ccccc1. The highest BCUT2D eigenvalue weighted by Gasteiger charge is 2.24. The van der Waals surface area contributed by atoms with Crippen LogP contribution in [-0.2, 0) is 10.0 Å². The molecule has 0 saturated heterocycles. The van der Waals surface area contributed by atoms with Crippen LogP contribution in [0, 0.1) is 11.8 Å². The Bertz CT molecular complexity index is 1990. The largest absolute Gasteiger partial charge is 0.397 e. The number of carbonyl (C=O) groups excluding carboxylic acids is 1. The maximum absolute atomic E-state index is 14.0. The first-order valence-corrected chi connectivity index (χ1v) is 14.1. The van der Waals surface area contributed by atoms with Gasteiger partial charge in [0, 0.05) is 11.8 Å². The van der Waals surface area contributed by atoms with E-state index in [9.17, 15) is 18.0 Å². The molecule has 2 aromatic carbocycles. The number of aromatic nitrogens is 4. The summed E-state index contributed by atoms with van der Waals surface area (Å²) < 4.78 is 27.9. The highest BCUT2D eigenvalue weighted by Crippen LogP contribution is 2.22. The summed E-state index contributed by atoms with van der Waals surface area (Å²) in [5.74, 6) is 5.44. The topological polar surface area (TPSA) is 153 Å². The Labute approximate surface area is 229 Å². The van der Waals surface area contributed by atoms with E-state index in [1.54, 1.807) is 73.8 Å². The summed E-state index contributed by atoms with van der Waals surface area (Å²) in [6.07, 6.45) is 2.60. The first-order chi connectivity index (χ1) is 19.1. The normalized spacial score (nSPS) is 12.2. The lowest BCUT2D eigenvalue weighted by Crippen LogP contribution is -2.34. The predicted molar refractivity (Wildman–Crippen MR) is 153 cm³/mol. The summed E-state index contributed by atoms with van der Waals surface area (Å²) in [6, 6.07) is 18.5. The molecule has 202 valence electrons. The van der Waals surface area contributed by atoms with E-state index in [4.69, 9.17) is 10.7 Å². The fourth-order valence-corrected chi connectivity index (χ4v) is 4.70. The van der Waals surface area contributed by atoms with Gasteiger partial charge in [-0.1, -0.05) is 36.1 Å². The first-order valence-electron chi connectivity index (χ1n) is 12.2. The molecular formula is C28H25N7O4S. The summed E-state index contributed by atoms with van der Waals surface area (Å²) >= 11 is 0. The number of nitrogens with zero attached hydrogens (tertiary/aromatic N) is 4. The van der Waals surface area contributed by atoms with Gasteiger partial charge in [0.25, 0.3) is 11.5 Å². The van der Waals surface area contributed by atoms with Crippen LogP contribution in [0.4, 0.5) is 5.69 Å². The standard InChI is InChI=1S/C28H25N7O4S/c1-18(32-27(36)25-22(29)17-21-13-8-15-30-35(21)25)26-33-23-14-6-9-19(10-7-16-31-40(2,38)39)24(23)28(37)34(26)20-11-4-3-5-12-20/h3-6,8-9,11-15,17-18,31H,16,29H2,1-2H3,(H,32,36)/t18-/m0/s1. The Morgan fingerprint density at radius 2 is 1.88 bits per heavy atom. The fraction of sp³-hybridized carbons (Fsp3) is 0.143.